The summed E-state index contributed by atoms with van der Waals surface area (Å²) in [5, 5.41) is 13.9. The van der Waals surface area contributed by atoms with Gasteiger partial charge in [0.2, 0.25) is 0 Å². The third-order valence-electron chi connectivity index (χ3n) is 5.83. The zero-order valence-corrected chi connectivity index (χ0v) is 19.6. The van der Waals surface area contributed by atoms with Crippen molar-refractivity contribution in [3.8, 4) is 0 Å². The summed E-state index contributed by atoms with van der Waals surface area (Å²) in [7, 11) is 0. The Bertz CT molecular complexity index is 1020. The molecule has 0 saturated carbocycles. The van der Waals surface area contributed by atoms with E-state index < -0.39 is 11.5 Å². The largest absolute Gasteiger partial charge is 0.480 e. The lowest BCUT2D eigenvalue weighted by atomic mass is 9.92. The third-order valence-corrected chi connectivity index (χ3v) is 6.20. The van der Waals surface area contributed by atoms with Crippen LogP contribution in [0.4, 0.5) is 0 Å². The molecular formula is C26H32ClN3O2. The van der Waals surface area contributed by atoms with Gasteiger partial charge in [-0.2, -0.15) is 0 Å². The molecule has 0 aliphatic rings. The van der Waals surface area contributed by atoms with E-state index in [9.17, 15) is 9.90 Å². The molecule has 1 aromatic heterocycles. The van der Waals surface area contributed by atoms with E-state index in [0.717, 1.165) is 46.9 Å². The first-order valence-corrected chi connectivity index (χ1v) is 11.6. The van der Waals surface area contributed by atoms with Crippen LogP contribution in [0.2, 0.25) is 5.02 Å². The lowest BCUT2D eigenvalue weighted by Crippen LogP contribution is -2.52. The van der Waals surface area contributed by atoms with Crippen molar-refractivity contribution in [3.63, 3.8) is 0 Å². The SMILES string of the molecule is CCCCc1ncc(CCN[C@@](C)(Cc2ccccc2)C(=O)O)n1Cc1ccccc1Cl. The molecule has 0 unspecified atom stereocenters. The second-order valence-corrected chi connectivity index (χ2v) is 8.83. The third kappa shape index (κ3) is 6.21. The highest BCUT2D eigenvalue weighted by Gasteiger charge is 2.32. The molecule has 0 spiro atoms. The maximum atomic E-state index is 12.0. The van der Waals surface area contributed by atoms with Gasteiger partial charge >= 0.3 is 5.97 Å². The Hall–Kier alpha value is -2.63. The number of unbranched alkanes of at least 4 members (excludes halogenated alkanes) is 1. The van der Waals surface area contributed by atoms with Gasteiger partial charge in [-0.1, -0.05) is 73.5 Å². The number of nitrogens with one attached hydrogen (secondary N) is 1. The van der Waals surface area contributed by atoms with Crippen molar-refractivity contribution in [1.82, 2.24) is 14.9 Å². The molecule has 0 fully saturated rings. The quantitative estimate of drug-likeness (QED) is 0.398. The molecule has 0 bridgehead atoms. The molecule has 5 nitrogen and oxygen atoms in total. The van der Waals surface area contributed by atoms with Gasteiger partial charge in [-0.15, -0.1) is 0 Å². The highest BCUT2D eigenvalue weighted by atomic mass is 35.5. The molecule has 1 heterocycles. The smallest absolute Gasteiger partial charge is 0.323 e. The first kappa shape index (κ1) is 24.0. The zero-order valence-electron chi connectivity index (χ0n) is 18.9. The number of hydrogen-bond acceptors (Lipinski definition) is 3. The molecule has 1 atom stereocenters. The first-order chi connectivity index (χ1) is 15.4. The molecule has 0 saturated heterocycles. The highest BCUT2D eigenvalue weighted by molar-refractivity contribution is 6.31. The second-order valence-electron chi connectivity index (χ2n) is 8.42. The molecule has 2 aromatic carbocycles. The van der Waals surface area contributed by atoms with Crippen LogP contribution < -0.4 is 5.32 Å². The number of imidazole rings is 1. The van der Waals surface area contributed by atoms with Crippen molar-refractivity contribution in [2.24, 2.45) is 0 Å². The van der Waals surface area contributed by atoms with E-state index in [1.54, 1.807) is 6.92 Å². The fraction of sp³-hybridized carbons (Fsp3) is 0.385. The average Bonchev–Trinajstić information content (AvgIpc) is 3.15. The van der Waals surface area contributed by atoms with Crippen LogP contribution in [-0.4, -0.2) is 32.7 Å². The molecular weight excluding hydrogens is 422 g/mol. The number of carboxylic acids is 1. The van der Waals surface area contributed by atoms with Crippen molar-refractivity contribution < 1.29 is 9.90 Å². The molecule has 0 radical (unpaired) electrons. The minimum absolute atomic E-state index is 0.420. The molecule has 3 rings (SSSR count). The molecule has 3 aromatic rings. The molecule has 2 N–H and O–H groups in total. The van der Waals surface area contributed by atoms with E-state index >= 15 is 0 Å². The fourth-order valence-corrected chi connectivity index (χ4v) is 4.06. The van der Waals surface area contributed by atoms with Gasteiger partial charge in [-0.25, -0.2) is 4.98 Å². The van der Waals surface area contributed by atoms with Gasteiger partial charge < -0.3 is 15.0 Å². The minimum Gasteiger partial charge on any atom is -0.480 e. The number of hydrogen-bond donors (Lipinski definition) is 2. The Balaban J connectivity index is 1.73. The number of aliphatic carboxylic acids is 1. The number of halogens is 1. The summed E-state index contributed by atoms with van der Waals surface area (Å²) in [6.07, 6.45) is 6.11. The zero-order chi connectivity index (χ0) is 23.0. The number of carbonyl (C=O) groups is 1. The van der Waals surface area contributed by atoms with Crippen LogP contribution in [0, 0.1) is 0 Å². The maximum absolute atomic E-state index is 12.0. The van der Waals surface area contributed by atoms with Gasteiger partial charge in [0.1, 0.15) is 11.4 Å². The van der Waals surface area contributed by atoms with Gasteiger partial charge in [0, 0.05) is 42.7 Å². The predicted octanol–water partition coefficient (Wildman–Crippen LogP) is 5.15. The van der Waals surface area contributed by atoms with Gasteiger partial charge in [-0.3, -0.25) is 4.79 Å². The van der Waals surface area contributed by atoms with Gasteiger partial charge in [-0.05, 0) is 30.5 Å². The van der Waals surface area contributed by atoms with Crippen LogP contribution in [0.1, 0.15) is 49.3 Å². The van der Waals surface area contributed by atoms with Gasteiger partial charge in [0.25, 0.3) is 0 Å². The molecule has 0 amide bonds. The Kier molecular flexibility index (Phi) is 8.48. The Morgan fingerprint density at radius 2 is 1.84 bits per heavy atom. The Morgan fingerprint density at radius 1 is 1.12 bits per heavy atom. The van der Waals surface area contributed by atoms with Crippen LogP contribution in [0.25, 0.3) is 0 Å². The van der Waals surface area contributed by atoms with Crippen LogP contribution >= 0.6 is 11.6 Å². The average molecular weight is 454 g/mol. The lowest BCUT2D eigenvalue weighted by Gasteiger charge is -2.26. The topological polar surface area (TPSA) is 67.2 Å². The summed E-state index contributed by atoms with van der Waals surface area (Å²) in [6.45, 7) is 5.12. The summed E-state index contributed by atoms with van der Waals surface area (Å²) < 4.78 is 2.23. The van der Waals surface area contributed by atoms with Crippen LogP contribution in [-0.2, 0) is 30.6 Å². The van der Waals surface area contributed by atoms with Crippen molar-refractivity contribution >= 4 is 17.6 Å². The van der Waals surface area contributed by atoms with E-state index in [-0.39, 0.29) is 0 Å². The van der Waals surface area contributed by atoms with Crippen molar-refractivity contribution in [1.29, 1.82) is 0 Å². The number of benzene rings is 2. The van der Waals surface area contributed by atoms with Crippen LogP contribution in [0.5, 0.6) is 0 Å². The Labute approximate surface area is 195 Å². The highest BCUT2D eigenvalue weighted by Crippen LogP contribution is 2.20. The monoisotopic (exact) mass is 453 g/mol. The summed E-state index contributed by atoms with van der Waals surface area (Å²) in [6, 6.07) is 17.6. The molecule has 170 valence electrons. The second kappa shape index (κ2) is 11.3. The molecule has 32 heavy (non-hydrogen) atoms. The van der Waals surface area contributed by atoms with Crippen molar-refractivity contribution in [3.05, 3.63) is 88.5 Å². The van der Waals surface area contributed by atoms with E-state index in [2.05, 4.69) is 21.8 Å². The van der Waals surface area contributed by atoms with E-state index in [0.29, 0.717) is 25.9 Å². The molecule has 0 aliphatic heterocycles. The maximum Gasteiger partial charge on any atom is 0.323 e. The summed E-state index contributed by atoms with van der Waals surface area (Å²) in [4.78, 5) is 16.7. The number of aromatic nitrogens is 2. The van der Waals surface area contributed by atoms with Gasteiger partial charge in [0.05, 0.1) is 6.54 Å². The van der Waals surface area contributed by atoms with Crippen molar-refractivity contribution in [2.45, 2.75) is 58.0 Å². The predicted molar refractivity (Wildman–Crippen MR) is 129 cm³/mol. The van der Waals surface area contributed by atoms with Crippen LogP contribution in [0.3, 0.4) is 0 Å². The summed E-state index contributed by atoms with van der Waals surface area (Å²) in [5.41, 5.74) is 2.09. The van der Waals surface area contributed by atoms with E-state index in [1.165, 1.54) is 0 Å². The van der Waals surface area contributed by atoms with E-state index in [1.807, 2.05) is 60.8 Å². The number of rotatable bonds is 12. The molecule has 0 aliphatic carbocycles. The Morgan fingerprint density at radius 3 is 2.53 bits per heavy atom. The fourth-order valence-electron chi connectivity index (χ4n) is 3.86. The summed E-state index contributed by atoms with van der Waals surface area (Å²) in [5.74, 6) is 0.196. The normalized spacial score (nSPS) is 13.1. The number of nitrogens with zero attached hydrogens (tertiary/aromatic N) is 2. The van der Waals surface area contributed by atoms with Crippen molar-refractivity contribution in [2.75, 3.05) is 6.54 Å². The standard InChI is InChI=1S/C26H32ClN3O2/c1-3-4-14-24-28-18-22(30(24)19-21-12-8-9-13-23(21)27)15-16-29-26(2,25(31)32)17-20-10-6-5-7-11-20/h5-13,18,29H,3-4,14-17,19H2,1-2H3,(H,31,32)/t26-/m0/s1. The number of carboxylic acid groups (broad SMARTS) is 1. The molecule has 6 heteroatoms. The summed E-state index contributed by atoms with van der Waals surface area (Å²) >= 11 is 6.41. The van der Waals surface area contributed by atoms with Gasteiger partial charge in [0.15, 0.2) is 0 Å². The van der Waals surface area contributed by atoms with E-state index in [4.69, 9.17) is 11.6 Å². The number of aryl methyl sites for hydroxylation is 1. The van der Waals surface area contributed by atoms with Crippen LogP contribution in [0.15, 0.2) is 60.8 Å². The first-order valence-electron chi connectivity index (χ1n) is 11.2. The minimum atomic E-state index is -1.04. The lowest BCUT2D eigenvalue weighted by molar-refractivity contribution is -0.144.